The Kier molecular flexibility index (Phi) is 5.06. The third-order valence-electron chi connectivity index (χ3n) is 2.53. The maximum Gasteiger partial charge on any atom is 0.105 e. The number of hydrogen-bond acceptors (Lipinski definition) is 3. The van der Waals surface area contributed by atoms with Crippen LogP contribution in [0.4, 0.5) is 0 Å². The molecule has 0 saturated heterocycles. The van der Waals surface area contributed by atoms with Crippen LogP contribution in [0.3, 0.4) is 0 Å². The van der Waals surface area contributed by atoms with Crippen LogP contribution < -0.4 is 0 Å². The topological polar surface area (TPSA) is 40.5 Å². The lowest BCUT2D eigenvalue weighted by Gasteiger charge is -2.17. The summed E-state index contributed by atoms with van der Waals surface area (Å²) in [4.78, 5) is 0. The smallest absolute Gasteiger partial charge is 0.105 e. The molecule has 1 aromatic carbocycles. The Hall–Kier alpha value is -0.770. The Morgan fingerprint density at radius 2 is 1.88 bits per heavy atom. The minimum atomic E-state index is -0.841. The lowest BCUT2D eigenvalue weighted by Crippen LogP contribution is -2.18. The maximum atomic E-state index is 9.84. The third kappa shape index (κ3) is 3.37. The molecule has 0 aromatic heterocycles. The van der Waals surface area contributed by atoms with E-state index >= 15 is 0 Å². The monoisotopic (exact) mass is 238 g/mol. The van der Waals surface area contributed by atoms with Crippen LogP contribution in [-0.4, -0.2) is 22.1 Å². The molecule has 2 unspecified atom stereocenters. The van der Waals surface area contributed by atoms with Gasteiger partial charge >= 0.3 is 0 Å². The van der Waals surface area contributed by atoms with Crippen molar-refractivity contribution < 1.29 is 10.2 Å². The molecule has 16 heavy (non-hydrogen) atoms. The molecular formula is C13H18O2S. The van der Waals surface area contributed by atoms with Crippen molar-refractivity contribution in [3.63, 3.8) is 0 Å². The zero-order chi connectivity index (χ0) is 12.1. The van der Waals surface area contributed by atoms with Gasteiger partial charge in [-0.25, -0.2) is 0 Å². The predicted molar refractivity (Wildman–Crippen MR) is 70.6 cm³/mol. The van der Waals surface area contributed by atoms with Crippen molar-refractivity contribution in [2.75, 3.05) is 5.75 Å². The van der Waals surface area contributed by atoms with Crippen LogP contribution in [0.25, 0.3) is 5.57 Å². The van der Waals surface area contributed by atoms with Crippen LogP contribution in [0, 0.1) is 0 Å². The van der Waals surface area contributed by atoms with Gasteiger partial charge in [0.15, 0.2) is 0 Å². The van der Waals surface area contributed by atoms with Gasteiger partial charge in [0.25, 0.3) is 0 Å². The fourth-order valence-corrected chi connectivity index (χ4v) is 1.74. The quantitative estimate of drug-likeness (QED) is 0.690. The van der Waals surface area contributed by atoms with Gasteiger partial charge < -0.3 is 10.2 Å². The first-order chi connectivity index (χ1) is 7.56. The van der Waals surface area contributed by atoms with Crippen molar-refractivity contribution in [1.82, 2.24) is 0 Å². The molecule has 1 aromatic rings. The highest BCUT2D eigenvalue weighted by Crippen LogP contribution is 2.21. The molecule has 0 aliphatic heterocycles. The summed E-state index contributed by atoms with van der Waals surface area (Å²) in [5.41, 5.74) is 2.75. The molecule has 0 radical (unpaired) electrons. The first-order valence-corrected chi connectivity index (χ1v) is 5.92. The van der Waals surface area contributed by atoms with E-state index in [9.17, 15) is 10.2 Å². The van der Waals surface area contributed by atoms with Crippen molar-refractivity contribution in [2.24, 2.45) is 0 Å². The van der Waals surface area contributed by atoms with Crippen molar-refractivity contribution in [2.45, 2.75) is 25.6 Å². The van der Waals surface area contributed by atoms with E-state index < -0.39 is 12.2 Å². The summed E-state index contributed by atoms with van der Waals surface area (Å²) < 4.78 is 0. The van der Waals surface area contributed by atoms with E-state index in [0.717, 1.165) is 16.7 Å². The second kappa shape index (κ2) is 6.09. The second-order valence-corrected chi connectivity index (χ2v) is 4.37. The Bertz CT molecular complexity index is 345. The number of hydrogen-bond donors (Lipinski definition) is 3. The maximum absolute atomic E-state index is 9.84. The van der Waals surface area contributed by atoms with Crippen LogP contribution in [0.15, 0.2) is 30.8 Å². The Labute approximate surface area is 102 Å². The van der Waals surface area contributed by atoms with Crippen molar-refractivity contribution >= 4 is 18.2 Å². The van der Waals surface area contributed by atoms with Crippen LogP contribution >= 0.6 is 12.6 Å². The van der Waals surface area contributed by atoms with Gasteiger partial charge in [-0.1, -0.05) is 36.4 Å². The molecule has 0 heterocycles. The SMILES string of the molecule is C=C(C)c1ccc(C(O)C(O)CCS)cc1. The van der Waals surface area contributed by atoms with Crippen LogP contribution in [-0.2, 0) is 0 Å². The standard InChI is InChI=1S/C13H18O2S/c1-9(2)10-3-5-11(6-4-10)13(15)12(14)7-8-16/h3-6,12-16H,1,7-8H2,2H3. The second-order valence-electron chi connectivity index (χ2n) is 3.93. The number of thiol groups is 1. The van der Waals surface area contributed by atoms with Crippen molar-refractivity contribution in [3.05, 3.63) is 42.0 Å². The number of aliphatic hydroxyl groups is 2. The number of allylic oxidation sites excluding steroid dienone is 1. The highest BCUT2D eigenvalue weighted by molar-refractivity contribution is 7.80. The average molecular weight is 238 g/mol. The Balaban J connectivity index is 2.77. The summed E-state index contributed by atoms with van der Waals surface area (Å²) in [6.45, 7) is 5.77. The molecule has 0 saturated carbocycles. The van der Waals surface area contributed by atoms with Crippen LogP contribution in [0.2, 0.25) is 0 Å². The van der Waals surface area contributed by atoms with Gasteiger partial charge in [-0.05, 0) is 30.2 Å². The molecular weight excluding hydrogens is 220 g/mol. The first-order valence-electron chi connectivity index (χ1n) is 5.29. The van der Waals surface area contributed by atoms with Gasteiger partial charge in [-0.15, -0.1) is 0 Å². The molecule has 88 valence electrons. The molecule has 0 bridgehead atoms. The summed E-state index contributed by atoms with van der Waals surface area (Å²) in [7, 11) is 0. The minimum absolute atomic E-state index is 0.479. The van der Waals surface area contributed by atoms with E-state index in [1.165, 1.54) is 0 Å². The van der Waals surface area contributed by atoms with E-state index in [-0.39, 0.29) is 0 Å². The van der Waals surface area contributed by atoms with E-state index in [1.807, 2.05) is 31.2 Å². The Morgan fingerprint density at radius 1 is 1.31 bits per heavy atom. The third-order valence-corrected chi connectivity index (χ3v) is 2.79. The van der Waals surface area contributed by atoms with Gasteiger partial charge in [0, 0.05) is 0 Å². The molecule has 0 amide bonds. The van der Waals surface area contributed by atoms with Gasteiger partial charge in [0.1, 0.15) is 6.10 Å². The summed E-state index contributed by atoms with van der Waals surface area (Å²) in [5.74, 6) is 0.558. The van der Waals surface area contributed by atoms with Gasteiger partial charge in [-0.2, -0.15) is 12.6 Å². The first kappa shape index (κ1) is 13.3. The predicted octanol–water partition coefficient (Wildman–Crippen LogP) is 2.43. The summed E-state index contributed by atoms with van der Waals surface area (Å²) in [6, 6.07) is 7.43. The summed E-state index contributed by atoms with van der Waals surface area (Å²) >= 11 is 4.03. The highest BCUT2D eigenvalue weighted by atomic mass is 32.1. The molecule has 1 rings (SSSR count). The van der Waals surface area contributed by atoms with Gasteiger partial charge in [0.2, 0.25) is 0 Å². The lowest BCUT2D eigenvalue weighted by molar-refractivity contribution is 0.0172. The van der Waals surface area contributed by atoms with Gasteiger partial charge in [0.05, 0.1) is 6.10 Å². The summed E-state index contributed by atoms with van der Waals surface area (Å²) in [6.07, 6.45) is -1.12. The van der Waals surface area contributed by atoms with E-state index in [2.05, 4.69) is 19.2 Å². The van der Waals surface area contributed by atoms with Crippen molar-refractivity contribution in [1.29, 1.82) is 0 Å². The summed E-state index contributed by atoms with van der Waals surface area (Å²) in [5, 5.41) is 19.5. The molecule has 0 aliphatic rings. The normalized spacial score (nSPS) is 14.5. The fraction of sp³-hybridized carbons (Fsp3) is 0.385. The number of benzene rings is 1. The lowest BCUT2D eigenvalue weighted by atomic mass is 10.00. The largest absolute Gasteiger partial charge is 0.390 e. The average Bonchev–Trinajstić information content (AvgIpc) is 2.28. The minimum Gasteiger partial charge on any atom is -0.390 e. The zero-order valence-electron chi connectivity index (χ0n) is 9.43. The molecule has 2 nitrogen and oxygen atoms in total. The molecule has 2 atom stereocenters. The molecule has 3 heteroatoms. The van der Waals surface area contributed by atoms with E-state index in [4.69, 9.17) is 0 Å². The fourth-order valence-electron chi connectivity index (χ4n) is 1.48. The van der Waals surface area contributed by atoms with Crippen LogP contribution in [0.5, 0.6) is 0 Å². The van der Waals surface area contributed by atoms with Crippen molar-refractivity contribution in [3.8, 4) is 0 Å². The van der Waals surface area contributed by atoms with E-state index in [0.29, 0.717) is 12.2 Å². The molecule has 0 spiro atoms. The highest BCUT2D eigenvalue weighted by Gasteiger charge is 2.17. The van der Waals surface area contributed by atoms with Crippen LogP contribution in [0.1, 0.15) is 30.6 Å². The van der Waals surface area contributed by atoms with E-state index in [1.54, 1.807) is 0 Å². The molecule has 0 fully saturated rings. The number of rotatable bonds is 5. The Morgan fingerprint density at radius 3 is 2.31 bits per heavy atom. The van der Waals surface area contributed by atoms with Gasteiger partial charge in [-0.3, -0.25) is 0 Å². The zero-order valence-corrected chi connectivity index (χ0v) is 10.3. The molecule has 2 N–H and O–H groups in total. The molecule has 0 aliphatic carbocycles. The number of aliphatic hydroxyl groups excluding tert-OH is 2.